The molecule has 1 N–H and O–H groups in total. The van der Waals surface area contributed by atoms with E-state index in [2.05, 4.69) is 41.1 Å². The maximum atomic E-state index is 13.5. The summed E-state index contributed by atoms with van der Waals surface area (Å²) in [5.41, 5.74) is 4.80. The van der Waals surface area contributed by atoms with Crippen LogP contribution in [0.15, 0.2) is 71.5 Å². The Labute approximate surface area is 204 Å². The van der Waals surface area contributed by atoms with Gasteiger partial charge in [0.15, 0.2) is 0 Å². The van der Waals surface area contributed by atoms with Crippen LogP contribution >= 0.6 is 0 Å². The number of aryl methyl sites for hydroxylation is 1. The van der Waals surface area contributed by atoms with Crippen LogP contribution in [0, 0.1) is 18.6 Å². The first-order chi connectivity index (χ1) is 17.0. The summed E-state index contributed by atoms with van der Waals surface area (Å²) in [5, 5.41) is 0. The molecule has 1 fully saturated rings. The molecule has 2 heterocycles. The number of nitrogens with one attached hydrogen (secondary N) is 1. The first-order valence-electron chi connectivity index (χ1n) is 12.4. The first-order valence-corrected chi connectivity index (χ1v) is 12.4. The fourth-order valence-electron chi connectivity index (χ4n) is 5.41. The van der Waals surface area contributed by atoms with Crippen LogP contribution in [0.1, 0.15) is 54.3 Å². The fraction of sp³-hybridized carbons (Fsp3) is 0.345. The maximum Gasteiger partial charge on any atom is 0.326 e. The zero-order valence-electron chi connectivity index (χ0n) is 20.0. The fourth-order valence-corrected chi connectivity index (χ4v) is 5.41. The van der Waals surface area contributed by atoms with E-state index in [1.165, 1.54) is 23.3 Å². The summed E-state index contributed by atoms with van der Waals surface area (Å²) in [6.45, 7) is 4.93. The van der Waals surface area contributed by atoms with Crippen LogP contribution in [0.5, 0.6) is 0 Å². The van der Waals surface area contributed by atoms with Gasteiger partial charge < -0.3 is 9.88 Å². The third-order valence-corrected chi connectivity index (χ3v) is 7.32. The van der Waals surface area contributed by atoms with Crippen LogP contribution in [-0.4, -0.2) is 34.1 Å². The van der Waals surface area contributed by atoms with E-state index < -0.39 is 0 Å². The van der Waals surface area contributed by atoms with Gasteiger partial charge in [-0.05, 0) is 80.6 Å². The van der Waals surface area contributed by atoms with E-state index in [4.69, 9.17) is 0 Å². The second-order valence-corrected chi connectivity index (χ2v) is 9.69. The van der Waals surface area contributed by atoms with E-state index in [9.17, 15) is 13.6 Å². The van der Waals surface area contributed by atoms with Crippen LogP contribution in [-0.2, 0) is 0 Å². The third kappa shape index (κ3) is 5.22. The number of nitrogens with zero attached hydrogens (tertiary/aromatic N) is 2. The Kier molecular flexibility index (Phi) is 6.82. The number of imidazole rings is 1. The van der Waals surface area contributed by atoms with E-state index >= 15 is 0 Å². The van der Waals surface area contributed by atoms with Crippen molar-refractivity contribution in [1.29, 1.82) is 0 Å². The van der Waals surface area contributed by atoms with Crippen molar-refractivity contribution in [1.82, 2.24) is 14.5 Å². The van der Waals surface area contributed by atoms with Gasteiger partial charge in [0.1, 0.15) is 11.6 Å². The van der Waals surface area contributed by atoms with E-state index in [1.54, 1.807) is 22.8 Å². The number of aromatic nitrogens is 2. The van der Waals surface area contributed by atoms with Crippen molar-refractivity contribution in [3.63, 3.8) is 0 Å². The van der Waals surface area contributed by atoms with Gasteiger partial charge in [-0.25, -0.2) is 13.6 Å². The van der Waals surface area contributed by atoms with Gasteiger partial charge in [-0.3, -0.25) is 4.57 Å². The van der Waals surface area contributed by atoms with Crippen molar-refractivity contribution in [2.75, 3.05) is 19.6 Å². The molecule has 3 aromatic carbocycles. The lowest BCUT2D eigenvalue weighted by Gasteiger charge is -2.33. The number of H-pyrrole nitrogens is 1. The smallest absolute Gasteiger partial charge is 0.305 e. The summed E-state index contributed by atoms with van der Waals surface area (Å²) in [5.74, 6) is -0.317. The first kappa shape index (κ1) is 23.5. The molecule has 1 aromatic heterocycles. The van der Waals surface area contributed by atoms with E-state index in [1.807, 2.05) is 12.1 Å². The largest absolute Gasteiger partial charge is 0.326 e. The topological polar surface area (TPSA) is 41.0 Å². The van der Waals surface area contributed by atoms with Crippen LogP contribution < -0.4 is 5.69 Å². The summed E-state index contributed by atoms with van der Waals surface area (Å²) in [4.78, 5) is 17.8. The molecular formula is C29H31F2N3O. The van der Waals surface area contributed by atoms with Gasteiger partial charge in [0, 0.05) is 25.0 Å². The van der Waals surface area contributed by atoms with Gasteiger partial charge in [0.25, 0.3) is 0 Å². The van der Waals surface area contributed by atoms with Crippen molar-refractivity contribution >= 4 is 11.0 Å². The zero-order valence-corrected chi connectivity index (χ0v) is 20.0. The highest BCUT2D eigenvalue weighted by Gasteiger charge is 2.24. The number of likely N-dealkylation sites (tertiary alicyclic amines) is 1. The van der Waals surface area contributed by atoms with Crippen molar-refractivity contribution < 1.29 is 8.78 Å². The van der Waals surface area contributed by atoms with Gasteiger partial charge in [-0.1, -0.05) is 42.0 Å². The predicted octanol–water partition coefficient (Wildman–Crippen LogP) is 6.17. The maximum absolute atomic E-state index is 13.5. The van der Waals surface area contributed by atoms with Crippen LogP contribution in [0.3, 0.4) is 0 Å². The SMILES string of the molecule is Cc1ccc(C(CCCN2CCC(n3c(=O)[nH]c4cc([18F])ccc43)CC2)c2ccc(F)cc2)cc1. The molecule has 6 heteroatoms. The van der Waals surface area contributed by atoms with Gasteiger partial charge in [-0.15, -0.1) is 0 Å². The summed E-state index contributed by atoms with van der Waals surface area (Å²) < 4.78 is 28.9. The number of aromatic amines is 1. The lowest BCUT2D eigenvalue weighted by atomic mass is 9.87. The molecule has 1 aliphatic rings. The molecule has 0 aliphatic carbocycles. The lowest BCUT2D eigenvalue weighted by molar-refractivity contribution is 0.183. The summed E-state index contributed by atoms with van der Waals surface area (Å²) in [6.07, 6.45) is 3.81. The molecule has 0 radical (unpaired) electrons. The average Bonchev–Trinajstić information content (AvgIpc) is 3.18. The molecule has 0 saturated carbocycles. The number of fused-ring (bicyclic) bond motifs is 1. The van der Waals surface area contributed by atoms with Crippen LogP contribution in [0.2, 0.25) is 0 Å². The minimum absolute atomic E-state index is 0.123. The van der Waals surface area contributed by atoms with Gasteiger partial charge in [-0.2, -0.15) is 0 Å². The zero-order chi connectivity index (χ0) is 24.4. The number of benzene rings is 3. The van der Waals surface area contributed by atoms with Gasteiger partial charge in [0.2, 0.25) is 0 Å². The Morgan fingerprint density at radius 2 is 1.54 bits per heavy atom. The molecule has 1 saturated heterocycles. The highest BCUT2D eigenvalue weighted by atomic mass is 19.1. The molecule has 1 unspecified atom stereocenters. The molecule has 1 aliphatic heterocycles. The summed E-state index contributed by atoms with van der Waals surface area (Å²) in [7, 11) is 0. The number of halogens is 2. The number of piperidine rings is 1. The third-order valence-electron chi connectivity index (χ3n) is 7.32. The Balaban J connectivity index is 1.21. The second kappa shape index (κ2) is 10.2. The van der Waals surface area contributed by atoms with Crippen LogP contribution in [0.4, 0.5) is 8.78 Å². The molecule has 4 nitrogen and oxygen atoms in total. The highest BCUT2D eigenvalue weighted by Crippen LogP contribution is 2.31. The quantitative estimate of drug-likeness (QED) is 0.348. The molecule has 0 amide bonds. The van der Waals surface area contributed by atoms with Crippen molar-refractivity contribution in [2.24, 2.45) is 0 Å². The Morgan fingerprint density at radius 3 is 2.23 bits per heavy atom. The number of hydrogen-bond donors (Lipinski definition) is 1. The molecule has 0 spiro atoms. The molecular weight excluding hydrogens is 443 g/mol. The molecule has 5 rings (SSSR count). The normalized spacial score (nSPS) is 16.1. The molecule has 0 bridgehead atoms. The molecule has 4 aromatic rings. The summed E-state index contributed by atoms with van der Waals surface area (Å²) >= 11 is 0. The summed E-state index contributed by atoms with van der Waals surface area (Å²) in [6, 6.07) is 20.1. The highest BCUT2D eigenvalue weighted by molar-refractivity contribution is 5.75. The standard InChI is InChI=1S/C29H31F2N3O/c1-20-4-6-21(7-5-20)26(22-8-10-23(30)11-9-22)3-2-16-33-17-14-25(15-18-33)34-28-13-12-24(31)19-27(28)32-29(34)35/h4-13,19,25-26H,2-3,14-18H2,1H3,(H,32,35)/i31-1. The lowest BCUT2D eigenvalue weighted by Crippen LogP contribution is -2.37. The second-order valence-electron chi connectivity index (χ2n) is 9.69. The van der Waals surface area contributed by atoms with Crippen molar-refractivity contribution in [3.05, 3.63) is 106 Å². The minimum Gasteiger partial charge on any atom is -0.305 e. The minimum atomic E-state index is -0.342. The predicted molar refractivity (Wildman–Crippen MR) is 136 cm³/mol. The molecule has 35 heavy (non-hydrogen) atoms. The Morgan fingerprint density at radius 1 is 0.914 bits per heavy atom. The Bertz CT molecular complexity index is 1290. The monoisotopic (exact) mass is 474 g/mol. The van der Waals surface area contributed by atoms with Gasteiger partial charge in [0.05, 0.1) is 11.0 Å². The molecule has 182 valence electrons. The number of rotatable bonds is 7. The van der Waals surface area contributed by atoms with E-state index in [0.717, 1.165) is 56.4 Å². The molecule has 1 atom stereocenters. The van der Waals surface area contributed by atoms with Crippen molar-refractivity contribution in [2.45, 2.75) is 44.6 Å². The van der Waals surface area contributed by atoms with Crippen LogP contribution in [0.25, 0.3) is 11.0 Å². The average molecular weight is 475 g/mol. The Hall–Kier alpha value is -3.25. The van der Waals surface area contributed by atoms with Crippen molar-refractivity contribution in [3.8, 4) is 0 Å². The number of hydrogen-bond acceptors (Lipinski definition) is 2. The van der Waals surface area contributed by atoms with E-state index in [-0.39, 0.29) is 29.3 Å². The van der Waals surface area contributed by atoms with E-state index in [0.29, 0.717) is 5.52 Å². The van der Waals surface area contributed by atoms with Gasteiger partial charge >= 0.3 is 5.69 Å².